The van der Waals surface area contributed by atoms with Crippen molar-refractivity contribution in [1.82, 2.24) is 0 Å². The van der Waals surface area contributed by atoms with Crippen molar-refractivity contribution in [2.24, 2.45) is 0 Å². The molecule has 0 radical (unpaired) electrons. The summed E-state index contributed by atoms with van der Waals surface area (Å²) in [6.45, 7) is 3.86. The van der Waals surface area contributed by atoms with Gasteiger partial charge in [0, 0.05) is 6.42 Å². The Hall–Kier alpha value is -1.35. The summed E-state index contributed by atoms with van der Waals surface area (Å²) < 4.78 is 5.36. The summed E-state index contributed by atoms with van der Waals surface area (Å²) in [5.74, 6) is -0.319. The van der Waals surface area contributed by atoms with Crippen LogP contribution in [0.3, 0.4) is 0 Å². The zero-order valence-corrected chi connectivity index (χ0v) is 10.4. The van der Waals surface area contributed by atoms with Crippen molar-refractivity contribution in [3.8, 4) is 0 Å². The smallest absolute Gasteiger partial charge is 0.338 e. The van der Waals surface area contributed by atoms with Gasteiger partial charge in [-0.25, -0.2) is 4.79 Å². The lowest BCUT2D eigenvalue weighted by Crippen LogP contribution is -2.23. The van der Waals surface area contributed by atoms with E-state index in [0.717, 1.165) is 6.42 Å². The molecule has 94 valence electrons. The van der Waals surface area contributed by atoms with Crippen LogP contribution in [0.1, 0.15) is 43.5 Å². The molecule has 2 unspecified atom stereocenters. The van der Waals surface area contributed by atoms with Gasteiger partial charge in [0.2, 0.25) is 0 Å². The highest BCUT2D eigenvalue weighted by molar-refractivity contribution is 5.89. The van der Waals surface area contributed by atoms with E-state index >= 15 is 0 Å². The predicted molar refractivity (Wildman–Crippen MR) is 66.9 cm³/mol. The summed E-state index contributed by atoms with van der Waals surface area (Å²) >= 11 is 0. The molecule has 0 fully saturated rings. The first-order chi connectivity index (χ1) is 8.17. The number of carbonyl (C=O) groups is 1. The van der Waals surface area contributed by atoms with E-state index in [0.29, 0.717) is 18.4 Å². The van der Waals surface area contributed by atoms with E-state index in [-0.39, 0.29) is 12.1 Å². The van der Waals surface area contributed by atoms with Gasteiger partial charge in [-0.2, -0.15) is 0 Å². The molecule has 0 spiro atoms. The second kappa shape index (κ2) is 7.07. The number of hydrogen-bond acceptors (Lipinski definition) is 3. The van der Waals surface area contributed by atoms with Crippen LogP contribution in [0.5, 0.6) is 0 Å². The molecule has 0 aliphatic heterocycles. The molecule has 0 heterocycles. The molecule has 1 N–H and O–H groups in total. The number of aliphatic hydroxyl groups excluding tert-OH is 1. The number of carbonyl (C=O) groups excluding carboxylic acids is 1. The van der Waals surface area contributed by atoms with Crippen LogP contribution in [-0.2, 0) is 4.74 Å². The summed E-state index contributed by atoms with van der Waals surface area (Å²) in [6.07, 6.45) is 1.29. The van der Waals surface area contributed by atoms with E-state index in [1.54, 1.807) is 24.3 Å². The molecule has 1 aromatic rings. The third kappa shape index (κ3) is 4.57. The lowest BCUT2D eigenvalue weighted by atomic mass is 10.1. The van der Waals surface area contributed by atoms with Crippen molar-refractivity contribution in [1.29, 1.82) is 0 Å². The van der Waals surface area contributed by atoms with Gasteiger partial charge in [-0.05, 0) is 25.0 Å². The van der Waals surface area contributed by atoms with Crippen LogP contribution in [-0.4, -0.2) is 23.3 Å². The third-order valence-electron chi connectivity index (χ3n) is 2.74. The van der Waals surface area contributed by atoms with Crippen molar-refractivity contribution in [2.45, 2.75) is 45.3 Å². The monoisotopic (exact) mass is 236 g/mol. The average Bonchev–Trinajstić information content (AvgIpc) is 2.38. The first kappa shape index (κ1) is 13.7. The fourth-order valence-electron chi connectivity index (χ4n) is 1.56. The first-order valence-corrected chi connectivity index (χ1v) is 6.11. The maximum Gasteiger partial charge on any atom is 0.338 e. The Morgan fingerprint density at radius 3 is 2.41 bits per heavy atom. The van der Waals surface area contributed by atoms with E-state index in [4.69, 9.17) is 4.74 Å². The standard InChI is InChI=1S/C14H20O3/c1-3-12(15)10-13(4-2)17-14(16)11-8-6-5-7-9-11/h5-9,12-13,15H,3-4,10H2,1-2H3. The van der Waals surface area contributed by atoms with Crippen molar-refractivity contribution >= 4 is 5.97 Å². The van der Waals surface area contributed by atoms with Crippen molar-refractivity contribution in [3.05, 3.63) is 35.9 Å². The van der Waals surface area contributed by atoms with Crippen LogP contribution in [0, 0.1) is 0 Å². The van der Waals surface area contributed by atoms with E-state index in [1.165, 1.54) is 0 Å². The Morgan fingerprint density at radius 2 is 1.88 bits per heavy atom. The highest BCUT2D eigenvalue weighted by Crippen LogP contribution is 2.12. The Morgan fingerprint density at radius 1 is 1.24 bits per heavy atom. The maximum atomic E-state index is 11.8. The summed E-state index contributed by atoms with van der Waals surface area (Å²) in [4.78, 5) is 11.8. The van der Waals surface area contributed by atoms with Crippen molar-refractivity contribution < 1.29 is 14.6 Å². The van der Waals surface area contributed by atoms with Crippen LogP contribution >= 0.6 is 0 Å². The van der Waals surface area contributed by atoms with Gasteiger partial charge in [0.15, 0.2) is 0 Å². The van der Waals surface area contributed by atoms with Gasteiger partial charge in [0.25, 0.3) is 0 Å². The Kier molecular flexibility index (Phi) is 5.70. The highest BCUT2D eigenvalue weighted by Gasteiger charge is 2.17. The summed E-state index contributed by atoms with van der Waals surface area (Å²) in [7, 11) is 0. The molecule has 3 nitrogen and oxygen atoms in total. The van der Waals surface area contributed by atoms with Gasteiger partial charge in [0.1, 0.15) is 6.10 Å². The van der Waals surface area contributed by atoms with Gasteiger partial charge in [-0.3, -0.25) is 0 Å². The minimum absolute atomic E-state index is 0.211. The fourth-order valence-corrected chi connectivity index (χ4v) is 1.56. The summed E-state index contributed by atoms with van der Waals surface area (Å²) in [6, 6.07) is 8.92. The molecule has 0 saturated heterocycles. The zero-order chi connectivity index (χ0) is 12.7. The fraction of sp³-hybridized carbons (Fsp3) is 0.500. The predicted octanol–water partition coefficient (Wildman–Crippen LogP) is 2.78. The molecule has 0 aliphatic rings. The normalized spacial score (nSPS) is 14.1. The molecule has 0 aromatic heterocycles. The molecule has 0 bridgehead atoms. The highest BCUT2D eigenvalue weighted by atomic mass is 16.5. The average molecular weight is 236 g/mol. The van der Waals surface area contributed by atoms with Gasteiger partial charge < -0.3 is 9.84 Å². The minimum Gasteiger partial charge on any atom is -0.459 e. The topological polar surface area (TPSA) is 46.5 Å². The molecular formula is C14H20O3. The SMILES string of the molecule is CCC(O)CC(CC)OC(=O)c1ccccc1. The van der Waals surface area contributed by atoms with Crippen molar-refractivity contribution in [3.63, 3.8) is 0 Å². The number of benzene rings is 1. The number of ether oxygens (including phenoxy) is 1. The molecule has 0 amide bonds. The Labute approximate surface area is 102 Å². The number of aliphatic hydroxyl groups is 1. The molecule has 1 aromatic carbocycles. The molecule has 0 saturated carbocycles. The van der Waals surface area contributed by atoms with Crippen LogP contribution in [0.15, 0.2) is 30.3 Å². The Balaban J connectivity index is 2.54. The molecule has 3 heteroatoms. The molecule has 17 heavy (non-hydrogen) atoms. The van der Waals surface area contributed by atoms with Crippen molar-refractivity contribution in [2.75, 3.05) is 0 Å². The zero-order valence-electron chi connectivity index (χ0n) is 10.4. The molecular weight excluding hydrogens is 216 g/mol. The van der Waals surface area contributed by atoms with Crippen LogP contribution in [0.2, 0.25) is 0 Å². The van der Waals surface area contributed by atoms with Crippen LogP contribution in [0.4, 0.5) is 0 Å². The van der Waals surface area contributed by atoms with Gasteiger partial charge >= 0.3 is 5.97 Å². The third-order valence-corrected chi connectivity index (χ3v) is 2.74. The van der Waals surface area contributed by atoms with Gasteiger partial charge in [-0.1, -0.05) is 32.0 Å². The minimum atomic E-state index is -0.400. The molecule has 0 aliphatic carbocycles. The number of rotatable bonds is 6. The quantitative estimate of drug-likeness (QED) is 0.772. The lowest BCUT2D eigenvalue weighted by Gasteiger charge is -2.18. The maximum absolute atomic E-state index is 11.8. The van der Waals surface area contributed by atoms with E-state index in [2.05, 4.69) is 0 Å². The number of hydrogen-bond donors (Lipinski definition) is 1. The first-order valence-electron chi connectivity index (χ1n) is 6.11. The lowest BCUT2D eigenvalue weighted by molar-refractivity contribution is 0.0132. The second-order valence-electron chi connectivity index (χ2n) is 4.10. The number of esters is 1. The largest absolute Gasteiger partial charge is 0.459 e. The molecule has 1 rings (SSSR count). The van der Waals surface area contributed by atoms with Gasteiger partial charge in [0.05, 0.1) is 11.7 Å². The summed E-state index contributed by atoms with van der Waals surface area (Å²) in [5.41, 5.74) is 0.553. The van der Waals surface area contributed by atoms with E-state index < -0.39 is 6.10 Å². The van der Waals surface area contributed by atoms with E-state index in [1.807, 2.05) is 19.9 Å². The van der Waals surface area contributed by atoms with E-state index in [9.17, 15) is 9.90 Å². The van der Waals surface area contributed by atoms with Crippen LogP contribution in [0.25, 0.3) is 0 Å². The Bertz CT molecular complexity index is 335. The van der Waals surface area contributed by atoms with Crippen LogP contribution < -0.4 is 0 Å². The molecule has 2 atom stereocenters. The van der Waals surface area contributed by atoms with Gasteiger partial charge in [-0.15, -0.1) is 0 Å². The second-order valence-corrected chi connectivity index (χ2v) is 4.10. The summed E-state index contributed by atoms with van der Waals surface area (Å²) in [5, 5.41) is 9.55.